The molecule has 0 spiro atoms. The molecular formula is C14H20BrN3O2. The number of halogens is 1. The van der Waals surface area contributed by atoms with Gasteiger partial charge in [0.05, 0.1) is 17.0 Å². The molecule has 1 aromatic rings. The van der Waals surface area contributed by atoms with Gasteiger partial charge in [-0.2, -0.15) is 0 Å². The van der Waals surface area contributed by atoms with E-state index in [1.165, 1.54) is 0 Å². The molecule has 0 unspecified atom stereocenters. The lowest BCUT2D eigenvalue weighted by Crippen LogP contribution is -2.37. The largest absolute Gasteiger partial charge is 0.463 e. The van der Waals surface area contributed by atoms with Crippen molar-refractivity contribution in [1.82, 2.24) is 9.97 Å². The number of piperidine rings is 1. The van der Waals surface area contributed by atoms with Crippen molar-refractivity contribution in [1.29, 1.82) is 0 Å². The van der Waals surface area contributed by atoms with E-state index in [0.717, 1.165) is 36.4 Å². The van der Waals surface area contributed by atoms with Gasteiger partial charge in [0, 0.05) is 25.5 Å². The highest BCUT2D eigenvalue weighted by Gasteiger charge is 2.24. The van der Waals surface area contributed by atoms with Crippen LogP contribution >= 0.6 is 15.9 Å². The molecule has 6 heteroatoms. The maximum atomic E-state index is 11.7. The quantitative estimate of drug-likeness (QED) is 0.788. The van der Waals surface area contributed by atoms with E-state index >= 15 is 0 Å². The summed E-state index contributed by atoms with van der Waals surface area (Å²) in [5, 5.41) is 0. The van der Waals surface area contributed by atoms with Gasteiger partial charge in [0.2, 0.25) is 5.95 Å². The molecule has 5 nitrogen and oxygen atoms in total. The summed E-state index contributed by atoms with van der Waals surface area (Å²) in [5.41, 5.74) is 0. The van der Waals surface area contributed by atoms with E-state index in [-0.39, 0.29) is 12.1 Å². The van der Waals surface area contributed by atoms with Crippen molar-refractivity contribution in [2.75, 3.05) is 18.0 Å². The van der Waals surface area contributed by atoms with E-state index in [4.69, 9.17) is 4.74 Å². The Bertz CT molecular complexity index is 450. The van der Waals surface area contributed by atoms with Gasteiger partial charge in [0.25, 0.3) is 0 Å². The van der Waals surface area contributed by atoms with E-state index in [1.807, 2.05) is 13.8 Å². The van der Waals surface area contributed by atoms with Crippen LogP contribution in [0.5, 0.6) is 0 Å². The van der Waals surface area contributed by atoms with Gasteiger partial charge in [0.1, 0.15) is 0 Å². The maximum Gasteiger partial charge on any atom is 0.306 e. The van der Waals surface area contributed by atoms with Crippen LogP contribution in [-0.4, -0.2) is 35.1 Å². The Kier molecular flexibility index (Phi) is 5.34. The Morgan fingerprint density at radius 3 is 2.85 bits per heavy atom. The molecule has 1 atom stereocenters. The Balaban J connectivity index is 1.91. The lowest BCUT2D eigenvalue weighted by molar-refractivity contribution is -0.148. The van der Waals surface area contributed by atoms with Crippen LogP contribution in [0.2, 0.25) is 0 Å². The van der Waals surface area contributed by atoms with Crippen LogP contribution in [0.1, 0.15) is 33.1 Å². The van der Waals surface area contributed by atoms with Crippen LogP contribution in [0, 0.1) is 5.92 Å². The molecule has 0 saturated carbocycles. The van der Waals surface area contributed by atoms with E-state index in [1.54, 1.807) is 12.4 Å². The van der Waals surface area contributed by atoms with Crippen molar-refractivity contribution in [3.63, 3.8) is 0 Å². The van der Waals surface area contributed by atoms with Crippen LogP contribution in [0.25, 0.3) is 0 Å². The van der Waals surface area contributed by atoms with Gasteiger partial charge in [0.15, 0.2) is 0 Å². The number of rotatable bonds is 4. The van der Waals surface area contributed by atoms with Crippen LogP contribution in [0.15, 0.2) is 16.9 Å². The van der Waals surface area contributed by atoms with E-state index in [9.17, 15) is 4.79 Å². The minimum Gasteiger partial charge on any atom is -0.463 e. The van der Waals surface area contributed by atoms with E-state index < -0.39 is 0 Å². The highest BCUT2D eigenvalue weighted by atomic mass is 79.9. The standard InChI is InChI=1S/C14H20BrN3O2/c1-10(2)20-13(19)6-11-4-3-5-18(9-11)14-16-7-12(15)8-17-14/h7-8,10-11H,3-6,9H2,1-2H3/t11-/m0/s1. The second-order valence-corrected chi connectivity index (χ2v) is 6.31. The van der Waals surface area contributed by atoms with Gasteiger partial charge in [-0.1, -0.05) is 0 Å². The molecule has 1 aliphatic heterocycles. The number of ether oxygens (including phenoxy) is 1. The first-order chi connectivity index (χ1) is 9.54. The SMILES string of the molecule is CC(C)OC(=O)C[C@@H]1CCCN(c2ncc(Br)cn2)C1. The van der Waals surface area contributed by atoms with Crippen molar-refractivity contribution in [2.45, 2.75) is 39.2 Å². The maximum absolute atomic E-state index is 11.7. The van der Waals surface area contributed by atoms with Crippen molar-refractivity contribution in [3.05, 3.63) is 16.9 Å². The van der Waals surface area contributed by atoms with Gasteiger partial charge in [-0.15, -0.1) is 0 Å². The van der Waals surface area contributed by atoms with Gasteiger partial charge < -0.3 is 9.64 Å². The summed E-state index contributed by atoms with van der Waals surface area (Å²) in [6, 6.07) is 0. The van der Waals surface area contributed by atoms with Crippen molar-refractivity contribution < 1.29 is 9.53 Å². The zero-order valence-corrected chi connectivity index (χ0v) is 13.5. The van der Waals surface area contributed by atoms with Crippen LogP contribution < -0.4 is 4.90 Å². The number of aromatic nitrogens is 2. The fraction of sp³-hybridized carbons (Fsp3) is 0.643. The average molecular weight is 342 g/mol. The smallest absolute Gasteiger partial charge is 0.306 e. The average Bonchev–Trinajstić information content (AvgIpc) is 2.38. The van der Waals surface area contributed by atoms with Gasteiger partial charge in [-0.05, 0) is 48.5 Å². The zero-order valence-electron chi connectivity index (χ0n) is 11.9. The fourth-order valence-corrected chi connectivity index (χ4v) is 2.63. The summed E-state index contributed by atoms with van der Waals surface area (Å²) in [5.74, 6) is 0.945. The number of carbonyl (C=O) groups excluding carboxylic acids is 1. The number of hydrogen-bond acceptors (Lipinski definition) is 5. The molecule has 0 bridgehead atoms. The fourth-order valence-electron chi connectivity index (χ4n) is 2.43. The predicted molar refractivity (Wildman–Crippen MR) is 80.5 cm³/mol. The molecule has 2 heterocycles. The second-order valence-electron chi connectivity index (χ2n) is 5.40. The van der Waals surface area contributed by atoms with Gasteiger partial charge in [-0.25, -0.2) is 9.97 Å². The molecule has 0 aliphatic carbocycles. The molecule has 110 valence electrons. The number of esters is 1. The Morgan fingerprint density at radius 1 is 1.50 bits per heavy atom. The minimum absolute atomic E-state index is 0.0444. The molecule has 1 saturated heterocycles. The molecule has 0 amide bonds. The molecular weight excluding hydrogens is 322 g/mol. The number of hydrogen-bond donors (Lipinski definition) is 0. The number of carbonyl (C=O) groups is 1. The molecule has 0 radical (unpaired) electrons. The third-order valence-corrected chi connectivity index (χ3v) is 3.64. The zero-order chi connectivity index (χ0) is 14.5. The highest BCUT2D eigenvalue weighted by molar-refractivity contribution is 9.10. The number of nitrogens with zero attached hydrogens (tertiary/aromatic N) is 3. The van der Waals surface area contributed by atoms with Crippen molar-refractivity contribution in [2.24, 2.45) is 5.92 Å². The van der Waals surface area contributed by atoms with E-state index in [2.05, 4.69) is 30.8 Å². The lowest BCUT2D eigenvalue weighted by atomic mass is 9.95. The van der Waals surface area contributed by atoms with Gasteiger partial charge >= 0.3 is 5.97 Å². The predicted octanol–water partition coefficient (Wildman–Crippen LogP) is 2.80. The van der Waals surface area contributed by atoms with Crippen LogP contribution in [0.3, 0.4) is 0 Å². The van der Waals surface area contributed by atoms with Crippen molar-refractivity contribution in [3.8, 4) is 0 Å². The lowest BCUT2D eigenvalue weighted by Gasteiger charge is -2.32. The monoisotopic (exact) mass is 341 g/mol. The summed E-state index contributed by atoms with van der Waals surface area (Å²) in [4.78, 5) is 22.5. The number of anilines is 1. The van der Waals surface area contributed by atoms with E-state index in [0.29, 0.717) is 12.3 Å². The Hall–Kier alpha value is -1.17. The molecule has 1 aliphatic rings. The normalized spacial score (nSPS) is 19.2. The molecule has 2 rings (SSSR count). The molecule has 0 N–H and O–H groups in total. The third kappa shape index (κ3) is 4.44. The summed E-state index contributed by atoms with van der Waals surface area (Å²) < 4.78 is 6.09. The third-order valence-electron chi connectivity index (χ3n) is 3.23. The Labute approximate surface area is 127 Å². The summed E-state index contributed by atoms with van der Waals surface area (Å²) in [6.07, 6.45) is 6.04. The first-order valence-corrected chi connectivity index (χ1v) is 7.76. The molecule has 20 heavy (non-hydrogen) atoms. The second kappa shape index (κ2) is 7.02. The first kappa shape index (κ1) is 15.2. The first-order valence-electron chi connectivity index (χ1n) is 6.96. The minimum atomic E-state index is -0.108. The van der Waals surface area contributed by atoms with Crippen molar-refractivity contribution >= 4 is 27.8 Å². The Morgan fingerprint density at radius 2 is 2.20 bits per heavy atom. The summed E-state index contributed by atoms with van der Waals surface area (Å²) in [6.45, 7) is 5.51. The topological polar surface area (TPSA) is 55.3 Å². The van der Waals surface area contributed by atoms with Crippen LogP contribution in [-0.2, 0) is 9.53 Å². The summed E-state index contributed by atoms with van der Waals surface area (Å²) >= 11 is 3.33. The molecule has 0 aromatic carbocycles. The van der Waals surface area contributed by atoms with Gasteiger partial charge in [-0.3, -0.25) is 4.79 Å². The molecule has 1 aromatic heterocycles. The molecule has 1 fully saturated rings. The highest BCUT2D eigenvalue weighted by Crippen LogP contribution is 2.23. The van der Waals surface area contributed by atoms with Crippen LogP contribution in [0.4, 0.5) is 5.95 Å². The summed E-state index contributed by atoms with van der Waals surface area (Å²) in [7, 11) is 0.